The number of hydrogen-bond donors (Lipinski definition) is 0. The molecule has 0 aliphatic heterocycles. The smallest absolute Gasteiger partial charge is 0.114 e. The second kappa shape index (κ2) is 12.7. The third kappa shape index (κ3) is 11.8. The maximum absolute atomic E-state index is 2.28. The van der Waals surface area contributed by atoms with Crippen molar-refractivity contribution in [2.45, 2.75) is 50.1 Å². The second-order valence-corrected chi connectivity index (χ2v) is 4.31. The van der Waals surface area contributed by atoms with Crippen LogP contribution in [0.4, 0.5) is 0 Å². The van der Waals surface area contributed by atoms with Gasteiger partial charge in [0.05, 0.1) is 0 Å². The molecule has 0 fully saturated rings. The quantitative estimate of drug-likeness (QED) is 0.474. The minimum atomic E-state index is 0. The number of rotatable bonds is 6. The molecule has 0 spiro atoms. The zero-order valence-corrected chi connectivity index (χ0v) is 10.1. The van der Waals surface area contributed by atoms with Crippen LogP contribution in [0.25, 0.3) is 0 Å². The van der Waals surface area contributed by atoms with E-state index in [4.69, 9.17) is 0 Å². The van der Waals surface area contributed by atoms with E-state index >= 15 is 0 Å². The standard InChI is InChI=1S/2C4H9.Al.BrH/c2*1-3-4-2;;/h2*1,3-4H2,2H3;;1H. The van der Waals surface area contributed by atoms with E-state index in [0.29, 0.717) is 0 Å². The highest BCUT2D eigenvalue weighted by Gasteiger charge is 1.89. The van der Waals surface area contributed by atoms with Crippen molar-refractivity contribution < 1.29 is 0 Å². The molecular formula is C8H19AlBr. The average Bonchev–Trinajstić information content (AvgIpc) is 1.89. The lowest BCUT2D eigenvalue weighted by molar-refractivity contribution is 0.851. The van der Waals surface area contributed by atoms with Crippen LogP contribution in [-0.4, -0.2) is 15.2 Å². The first-order valence-electron chi connectivity index (χ1n) is 4.23. The van der Waals surface area contributed by atoms with Crippen LogP contribution in [0.2, 0.25) is 10.6 Å². The average molecular weight is 222 g/mol. The zero-order chi connectivity index (χ0) is 6.95. The summed E-state index contributed by atoms with van der Waals surface area (Å²) in [6.45, 7) is 4.55. The predicted molar refractivity (Wildman–Crippen MR) is 55.5 cm³/mol. The molecule has 0 saturated heterocycles. The lowest BCUT2D eigenvalue weighted by Gasteiger charge is -1.93. The third-order valence-electron chi connectivity index (χ3n) is 1.52. The van der Waals surface area contributed by atoms with Gasteiger partial charge in [0.15, 0.2) is 15.2 Å². The zero-order valence-electron chi connectivity index (χ0n) is 7.23. The van der Waals surface area contributed by atoms with Crippen molar-refractivity contribution in [2.75, 3.05) is 0 Å². The van der Waals surface area contributed by atoms with Crippen LogP contribution in [0.3, 0.4) is 0 Å². The van der Waals surface area contributed by atoms with Crippen LogP contribution in [0.5, 0.6) is 0 Å². The van der Waals surface area contributed by atoms with Gasteiger partial charge >= 0.3 is 0 Å². The molecule has 0 nitrogen and oxygen atoms in total. The van der Waals surface area contributed by atoms with Crippen LogP contribution in [0.1, 0.15) is 39.5 Å². The van der Waals surface area contributed by atoms with E-state index < -0.39 is 0 Å². The van der Waals surface area contributed by atoms with Gasteiger partial charge < -0.3 is 0 Å². The van der Waals surface area contributed by atoms with Gasteiger partial charge in [-0.15, -0.1) is 27.5 Å². The minimum Gasteiger partial charge on any atom is -0.114 e. The van der Waals surface area contributed by atoms with Gasteiger partial charge in [-0.25, -0.2) is 0 Å². The molecule has 0 atom stereocenters. The lowest BCUT2D eigenvalue weighted by Crippen LogP contribution is -1.87. The maximum Gasteiger partial charge on any atom is 0.199 e. The molecule has 0 aromatic carbocycles. The summed E-state index contributed by atoms with van der Waals surface area (Å²) < 4.78 is 0. The van der Waals surface area contributed by atoms with Gasteiger partial charge in [0.2, 0.25) is 0 Å². The van der Waals surface area contributed by atoms with Crippen LogP contribution in [-0.2, 0) is 0 Å². The molecule has 2 heteroatoms. The summed E-state index contributed by atoms with van der Waals surface area (Å²) in [4.78, 5) is 0. The van der Waals surface area contributed by atoms with E-state index in [1.165, 1.54) is 36.2 Å². The molecule has 0 aliphatic rings. The molecule has 10 heavy (non-hydrogen) atoms. The molecule has 0 saturated carbocycles. The summed E-state index contributed by atoms with van der Waals surface area (Å²) in [6.07, 6.45) is 5.72. The van der Waals surface area contributed by atoms with Gasteiger partial charge in [-0.2, -0.15) is 0 Å². The minimum absolute atomic E-state index is 0. The molecule has 0 N–H and O–H groups in total. The Kier molecular flexibility index (Phi) is 17.2. The van der Waals surface area contributed by atoms with Crippen molar-refractivity contribution in [3.63, 3.8) is 0 Å². The first-order valence-corrected chi connectivity index (χ1v) is 5.86. The van der Waals surface area contributed by atoms with Crippen LogP contribution in [0.15, 0.2) is 0 Å². The van der Waals surface area contributed by atoms with Crippen molar-refractivity contribution in [1.82, 2.24) is 0 Å². The molecule has 0 aromatic rings. The van der Waals surface area contributed by atoms with E-state index in [9.17, 15) is 0 Å². The Morgan fingerprint density at radius 1 is 0.900 bits per heavy atom. The fraction of sp³-hybridized carbons (Fsp3) is 1.00. The molecule has 0 rings (SSSR count). The SMILES string of the molecule is Br.CCC[CH2][Al][CH2]CCC. The lowest BCUT2D eigenvalue weighted by atomic mass is 10.4. The first kappa shape index (κ1) is 13.6. The largest absolute Gasteiger partial charge is 0.199 e. The molecule has 0 aromatic heterocycles. The first-order chi connectivity index (χ1) is 4.41. The maximum atomic E-state index is 2.28. The van der Waals surface area contributed by atoms with Crippen LogP contribution < -0.4 is 0 Å². The Morgan fingerprint density at radius 2 is 1.30 bits per heavy atom. The molecule has 0 aliphatic carbocycles. The van der Waals surface area contributed by atoms with Crippen molar-refractivity contribution >= 4 is 32.2 Å². The Morgan fingerprint density at radius 3 is 1.60 bits per heavy atom. The summed E-state index contributed by atoms with van der Waals surface area (Å²) in [7, 11) is 0. The highest BCUT2D eigenvalue weighted by molar-refractivity contribution is 8.93. The summed E-state index contributed by atoms with van der Waals surface area (Å²) in [5.74, 6) is 0. The Labute approximate surface area is 82.3 Å². The van der Waals surface area contributed by atoms with E-state index in [2.05, 4.69) is 13.8 Å². The predicted octanol–water partition coefficient (Wildman–Crippen LogP) is 3.71. The van der Waals surface area contributed by atoms with Gasteiger partial charge in [0, 0.05) is 0 Å². The van der Waals surface area contributed by atoms with Gasteiger partial charge in [0.25, 0.3) is 0 Å². The highest BCUT2D eigenvalue weighted by Crippen LogP contribution is 1.99. The fourth-order valence-corrected chi connectivity index (χ4v) is 2.52. The van der Waals surface area contributed by atoms with E-state index in [-0.39, 0.29) is 17.0 Å². The summed E-state index contributed by atoms with van der Waals surface area (Å²) in [6, 6.07) is 0. The van der Waals surface area contributed by atoms with E-state index in [0.717, 1.165) is 15.2 Å². The van der Waals surface area contributed by atoms with Gasteiger partial charge in [-0.3, -0.25) is 0 Å². The molecule has 0 unspecified atom stereocenters. The van der Waals surface area contributed by atoms with Crippen LogP contribution in [0, 0.1) is 0 Å². The molecule has 61 valence electrons. The fourth-order valence-electron chi connectivity index (χ4n) is 0.841. The molecule has 0 heterocycles. The number of halogens is 1. The molecule has 0 amide bonds. The van der Waals surface area contributed by atoms with Crippen molar-refractivity contribution in [3.8, 4) is 0 Å². The second-order valence-electron chi connectivity index (χ2n) is 2.57. The highest BCUT2D eigenvalue weighted by atomic mass is 79.9. The van der Waals surface area contributed by atoms with E-state index in [1.807, 2.05) is 0 Å². The van der Waals surface area contributed by atoms with Crippen molar-refractivity contribution in [2.24, 2.45) is 0 Å². The van der Waals surface area contributed by atoms with E-state index in [1.54, 1.807) is 0 Å². The molecular weight excluding hydrogens is 203 g/mol. The summed E-state index contributed by atoms with van der Waals surface area (Å²) >= 11 is 0.818. The number of hydrogen-bond acceptors (Lipinski definition) is 0. The van der Waals surface area contributed by atoms with Gasteiger partial charge in [0.1, 0.15) is 0 Å². The van der Waals surface area contributed by atoms with Crippen molar-refractivity contribution in [3.05, 3.63) is 0 Å². The Hall–Kier alpha value is 1.01. The molecule has 0 bridgehead atoms. The summed E-state index contributed by atoms with van der Waals surface area (Å²) in [5.41, 5.74) is 0. The third-order valence-corrected chi connectivity index (χ3v) is 3.16. The Balaban J connectivity index is 0. The van der Waals surface area contributed by atoms with Gasteiger partial charge in [-0.05, 0) is 0 Å². The summed E-state index contributed by atoms with van der Waals surface area (Å²) in [5, 5.41) is 3.08. The Bertz CT molecular complexity index is 42.5. The normalized spacial score (nSPS) is 8.60. The molecule has 1 radical (unpaired) electrons. The topological polar surface area (TPSA) is 0 Å². The van der Waals surface area contributed by atoms with Gasteiger partial charge in [-0.1, -0.05) is 39.5 Å². The van der Waals surface area contributed by atoms with Crippen molar-refractivity contribution in [1.29, 1.82) is 0 Å². The monoisotopic (exact) mass is 221 g/mol. The number of unbranched alkanes of at least 4 members (excludes halogenated alkanes) is 2. The van der Waals surface area contributed by atoms with Crippen LogP contribution >= 0.6 is 17.0 Å².